The molecule has 2 aliphatic rings. The van der Waals surface area contributed by atoms with Crippen molar-refractivity contribution in [1.82, 2.24) is 4.90 Å². The van der Waals surface area contributed by atoms with Crippen molar-refractivity contribution < 1.29 is 14.3 Å². The maximum absolute atomic E-state index is 13.0. The number of hydrogen-bond donors (Lipinski definition) is 0. The molecule has 3 atom stereocenters. The quantitative estimate of drug-likeness (QED) is 0.595. The zero-order chi connectivity index (χ0) is 19.1. The van der Waals surface area contributed by atoms with E-state index in [1.807, 2.05) is 66.4 Å². The summed E-state index contributed by atoms with van der Waals surface area (Å²) in [5.41, 5.74) is 1.32. The number of carbonyl (C=O) groups excluding carboxylic acids is 1. The van der Waals surface area contributed by atoms with Crippen LogP contribution >= 0.6 is 15.9 Å². The normalized spacial score (nSPS) is 28.6. The first-order valence-corrected chi connectivity index (χ1v) is 10.1. The van der Waals surface area contributed by atoms with Crippen molar-refractivity contribution in [3.63, 3.8) is 0 Å². The average molecular weight is 430 g/mol. The summed E-state index contributed by atoms with van der Waals surface area (Å²) in [5, 5.41) is 0. The van der Waals surface area contributed by atoms with Gasteiger partial charge in [-0.25, -0.2) is 4.79 Å². The summed E-state index contributed by atoms with van der Waals surface area (Å²) in [7, 11) is 0. The minimum absolute atomic E-state index is 0.0351. The topological polar surface area (TPSA) is 42.1 Å². The number of carbonyl (C=O) groups is 1. The molecule has 142 valence electrons. The van der Waals surface area contributed by atoms with Crippen LogP contribution in [0, 0.1) is 0 Å². The van der Waals surface area contributed by atoms with Gasteiger partial charge in [-0.05, 0) is 37.1 Å². The second kappa shape index (κ2) is 6.95. The van der Waals surface area contributed by atoms with Gasteiger partial charge in [0.1, 0.15) is 5.60 Å². The Bertz CT molecular complexity index is 819. The Morgan fingerprint density at radius 3 is 2.41 bits per heavy atom. The molecular formula is C22H24BrNO3. The number of epoxide rings is 1. The third kappa shape index (κ3) is 3.76. The van der Waals surface area contributed by atoms with Crippen LogP contribution < -0.4 is 0 Å². The lowest BCUT2D eigenvalue weighted by molar-refractivity contribution is -0.0750. The minimum atomic E-state index is -0.625. The molecule has 2 saturated heterocycles. The molecule has 2 aliphatic heterocycles. The van der Waals surface area contributed by atoms with Crippen LogP contribution in [0.15, 0.2) is 59.1 Å². The van der Waals surface area contributed by atoms with Gasteiger partial charge in [0.2, 0.25) is 0 Å². The smallest absolute Gasteiger partial charge is 0.411 e. The first kappa shape index (κ1) is 18.5. The number of halogens is 1. The number of amides is 1. The van der Waals surface area contributed by atoms with Gasteiger partial charge in [-0.3, -0.25) is 0 Å². The van der Waals surface area contributed by atoms with Gasteiger partial charge < -0.3 is 14.4 Å². The van der Waals surface area contributed by atoms with E-state index in [0.717, 1.165) is 28.6 Å². The Morgan fingerprint density at radius 1 is 1.15 bits per heavy atom. The molecule has 0 radical (unpaired) electrons. The third-order valence-corrected chi connectivity index (χ3v) is 6.22. The molecular weight excluding hydrogens is 406 g/mol. The lowest BCUT2D eigenvalue weighted by Crippen LogP contribution is -2.50. The number of cyclic esters (lactones) is 1. The first-order valence-electron chi connectivity index (χ1n) is 9.35. The van der Waals surface area contributed by atoms with Crippen LogP contribution in [0.5, 0.6) is 0 Å². The van der Waals surface area contributed by atoms with Crippen LogP contribution in [0.2, 0.25) is 0 Å². The standard InChI is InChI=1S/C22H24BrNO3/c1-16(17-8-10-19(23)11-9-17)24-13-12-22(27-20(24)25,14-21(2)15-26-21)18-6-4-3-5-7-18/h3-11,16H,12-15H2,1-2H3/t16?,21-,22-/m0/s1. The Morgan fingerprint density at radius 2 is 1.81 bits per heavy atom. The number of hydrogen-bond acceptors (Lipinski definition) is 3. The second-order valence-corrected chi connectivity index (χ2v) is 8.73. The van der Waals surface area contributed by atoms with E-state index in [9.17, 15) is 4.79 Å². The Hall–Kier alpha value is -1.85. The number of ether oxygens (including phenoxy) is 2. The van der Waals surface area contributed by atoms with E-state index in [1.165, 1.54) is 0 Å². The van der Waals surface area contributed by atoms with Crippen molar-refractivity contribution in [2.24, 2.45) is 0 Å². The SMILES string of the molecule is CC(c1ccc(Br)cc1)N1CC[C@](C[C@@]2(C)CO2)(c2ccccc2)OC1=O. The molecule has 5 heteroatoms. The Labute approximate surface area is 168 Å². The predicted octanol–water partition coefficient (Wildman–Crippen LogP) is 5.43. The molecule has 2 aromatic carbocycles. The number of rotatable bonds is 5. The van der Waals surface area contributed by atoms with Crippen LogP contribution in [0.3, 0.4) is 0 Å². The number of nitrogens with zero attached hydrogens (tertiary/aromatic N) is 1. The van der Waals surface area contributed by atoms with Crippen LogP contribution in [0.4, 0.5) is 4.79 Å². The van der Waals surface area contributed by atoms with E-state index in [0.29, 0.717) is 13.0 Å². The van der Waals surface area contributed by atoms with Gasteiger partial charge in [-0.2, -0.15) is 0 Å². The highest BCUT2D eigenvalue weighted by atomic mass is 79.9. The zero-order valence-electron chi connectivity index (χ0n) is 15.7. The van der Waals surface area contributed by atoms with E-state index in [2.05, 4.69) is 22.9 Å². The van der Waals surface area contributed by atoms with Crippen molar-refractivity contribution in [3.05, 3.63) is 70.2 Å². The summed E-state index contributed by atoms with van der Waals surface area (Å²) >= 11 is 3.46. The minimum Gasteiger partial charge on any atom is -0.438 e. The fourth-order valence-electron chi connectivity index (χ4n) is 3.94. The predicted molar refractivity (Wildman–Crippen MR) is 107 cm³/mol. The summed E-state index contributed by atoms with van der Waals surface area (Å²) in [6.07, 6.45) is 1.18. The Balaban J connectivity index is 1.57. The van der Waals surface area contributed by atoms with E-state index >= 15 is 0 Å². The molecule has 0 aliphatic carbocycles. The van der Waals surface area contributed by atoms with Crippen LogP contribution in [-0.4, -0.2) is 29.7 Å². The highest BCUT2D eigenvalue weighted by Crippen LogP contribution is 2.46. The monoisotopic (exact) mass is 429 g/mol. The molecule has 1 amide bonds. The molecule has 0 saturated carbocycles. The molecule has 4 nitrogen and oxygen atoms in total. The van der Waals surface area contributed by atoms with Crippen molar-refractivity contribution in [1.29, 1.82) is 0 Å². The van der Waals surface area contributed by atoms with E-state index in [4.69, 9.17) is 9.47 Å². The van der Waals surface area contributed by atoms with E-state index in [1.54, 1.807) is 0 Å². The molecule has 0 spiro atoms. The molecule has 0 bridgehead atoms. The van der Waals surface area contributed by atoms with Crippen molar-refractivity contribution >= 4 is 22.0 Å². The van der Waals surface area contributed by atoms with Crippen LogP contribution in [0.25, 0.3) is 0 Å². The van der Waals surface area contributed by atoms with Crippen molar-refractivity contribution in [3.8, 4) is 0 Å². The molecule has 2 fully saturated rings. The maximum atomic E-state index is 13.0. The molecule has 0 N–H and O–H groups in total. The fraction of sp³-hybridized carbons (Fsp3) is 0.409. The van der Waals surface area contributed by atoms with Gasteiger partial charge in [0, 0.05) is 23.9 Å². The highest BCUT2D eigenvalue weighted by Gasteiger charge is 2.52. The highest BCUT2D eigenvalue weighted by molar-refractivity contribution is 9.10. The fourth-order valence-corrected chi connectivity index (χ4v) is 4.21. The summed E-state index contributed by atoms with van der Waals surface area (Å²) in [4.78, 5) is 14.8. The molecule has 2 aromatic rings. The number of benzene rings is 2. The summed E-state index contributed by atoms with van der Waals surface area (Å²) in [5.74, 6) is 0. The average Bonchev–Trinajstić information content (AvgIpc) is 3.39. The van der Waals surface area contributed by atoms with Gasteiger partial charge in [-0.1, -0.05) is 58.4 Å². The van der Waals surface area contributed by atoms with E-state index in [-0.39, 0.29) is 17.7 Å². The molecule has 1 unspecified atom stereocenters. The molecule has 4 rings (SSSR count). The summed E-state index contributed by atoms with van der Waals surface area (Å²) in [6, 6.07) is 18.1. The second-order valence-electron chi connectivity index (χ2n) is 7.81. The van der Waals surface area contributed by atoms with Gasteiger partial charge >= 0.3 is 6.09 Å². The van der Waals surface area contributed by atoms with E-state index < -0.39 is 5.60 Å². The van der Waals surface area contributed by atoms with Gasteiger partial charge in [0.25, 0.3) is 0 Å². The summed E-state index contributed by atoms with van der Waals surface area (Å²) in [6.45, 7) is 5.51. The van der Waals surface area contributed by atoms with Gasteiger partial charge in [0.15, 0.2) is 0 Å². The molecule has 0 aromatic heterocycles. The molecule has 2 heterocycles. The molecule has 27 heavy (non-hydrogen) atoms. The largest absolute Gasteiger partial charge is 0.438 e. The lowest BCUT2D eigenvalue weighted by atomic mass is 9.81. The van der Waals surface area contributed by atoms with Crippen LogP contribution in [0.1, 0.15) is 43.9 Å². The first-order chi connectivity index (χ1) is 12.9. The van der Waals surface area contributed by atoms with Crippen LogP contribution in [-0.2, 0) is 15.1 Å². The van der Waals surface area contributed by atoms with Crippen molar-refractivity contribution in [2.75, 3.05) is 13.2 Å². The summed E-state index contributed by atoms with van der Waals surface area (Å²) < 4.78 is 12.8. The zero-order valence-corrected chi connectivity index (χ0v) is 17.2. The maximum Gasteiger partial charge on any atom is 0.411 e. The third-order valence-electron chi connectivity index (χ3n) is 5.69. The van der Waals surface area contributed by atoms with Crippen molar-refractivity contribution in [2.45, 2.75) is 43.9 Å². The van der Waals surface area contributed by atoms with Gasteiger partial charge in [-0.15, -0.1) is 0 Å². The van der Waals surface area contributed by atoms with Gasteiger partial charge in [0.05, 0.1) is 18.2 Å². The lowest BCUT2D eigenvalue weighted by Gasteiger charge is -2.44. The Kier molecular flexibility index (Phi) is 4.77.